The van der Waals surface area contributed by atoms with Crippen molar-refractivity contribution in [3.63, 3.8) is 0 Å². The molecule has 0 unspecified atom stereocenters. The van der Waals surface area contributed by atoms with E-state index in [-0.39, 0.29) is 24.3 Å². The number of hydrogen-bond acceptors (Lipinski definition) is 3. The van der Waals surface area contributed by atoms with Crippen molar-refractivity contribution in [2.45, 2.75) is 33.1 Å². The van der Waals surface area contributed by atoms with Gasteiger partial charge >= 0.3 is 0 Å². The van der Waals surface area contributed by atoms with E-state index in [1.807, 2.05) is 13.8 Å². The van der Waals surface area contributed by atoms with E-state index >= 15 is 0 Å². The van der Waals surface area contributed by atoms with E-state index in [1.165, 1.54) is 0 Å². The molecule has 0 aromatic heterocycles. The van der Waals surface area contributed by atoms with E-state index in [0.29, 0.717) is 6.54 Å². The van der Waals surface area contributed by atoms with Crippen molar-refractivity contribution >= 4 is 5.91 Å². The van der Waals surface area contributed by atoms with Crippen LogP contribution in [0.3, 0.4) is 0 Å². The summed E-state index contributed by atoms with van der Waals surface area (Å²) < 4.78 is 0. The SMILES string of the molecule is CCC(CC)(CO)CNC(=O)CC#N. The minimum absolute atomic E-state index is 0.0623. The zero-order valence-corrected chi connectivity index (χ0v) is 8.84. The molecule has 14 heavy (non-hydrogen) atoms. The molecular formula is C10H18N2O2. The molecule has 0 heterocycles. The lowest BCUT2D eigenvalue weighted by Crippen LogP contribution is -2.39. The van der Waals surface area contributed by atoms with Crippen LogP contribution in [-0.2, 0) is 4.79 Å². The predicted molar refractivity (Wildman–Crippen MR) is 53.3 cm³/mol. The molecule has 0 spiro atoms. The van der Waals surface area contributed by atoms with E-state index in [1.54, 1.807) is 6.07 Å². The maximum absolute atomic E-state index is 11.0. The summed E-state index contributed by atoms with van der Waals surface area (Å²) in [7, 11) is 0. The first-order valence-electron chi connectivity index (χ1n) is 4.88. The standard InChI is InChI=1S/C10H18N2O2/c1-3-10(4-2,8-13)7-12-9(14)5-6-11/h13H,3-5,7-8H2,1-2H3,(H,12,14). The van der Waals surface area contributed by atoms with Crippen LogP contribution in [-0.4, -0.2) is 24.2 Å². The number of aliphatic hydroxyl groups excluding tert-OH is 1. The normalized spacial score (nSPS) is 10.7. The van der Waals surface area contributed by atoms with Crippen LogP contribution in [0.2, 0.25) is 0 Å². The van der Waals surface area contributed by atoms with Gasteiger partial charge in [-0.1, -0.05) is 13.8 Å². The Morgan fingerprint density at radius 2 is 2.07 bits per heavy atom. The van der Waals surface area contributed by atoms with Gasteiger partial charge in [0.25, 0.3) is 0 Å². The first-order chi connectivity index (χ1) is 6.64. The Bertz CT molecular complexity index is 208. The lowest BCUT2D eigenvalue weighted by Gasteiger charge is -2.29. The second-order valence-electron chi connectivity index (χ2n) is 3.48. The van der Waals surface area contributed by atoms with Crippen LogP contribution in [0, 0.1) is 16.7 Å². The van der Waals surface area contributed by atoms with Crippen molar-refractivity contribution in [2.24, 2.45) is 5.41 Å². The van der Waals surface area contributed by atoms with Crippen molar-refractivity contribution in [1.29, 1.82) is 5.26 Å². The first-order valence-corrected chi connectivity index (χ1v) is 4.88. The molecule has 4 heteroatoms. The minimum Gasteiger partial charge on any atom is -0.396 e. The zero-order chi connectivity index (χ0) is 11.0. The number of amides is 1. The summed E-state index contributed by atoms with van der Waals surface area (Å²) >= 11 is 0. The third-order valence-electron chi connectivity index (χ3n) is 2.74. The van der Waals surface area contributed by atoms with Gasteiger partial charge in [0, 0.05) is 12.0 Å². The molecule has 0 aromatic carbocycles. The van der Waals surface area contributed by atoms with Gasteiger partial charge in [0.2, 0.25) is 5.91 Å². The Labute approximate surface area is 84.9 Å². The largest absolute Gasteiger partial charge is 0.396 e. The fraction of sp³-hybridized carbons (Fsp3) is 0.800. The average molecular weight is 198 g/mol. The second-order valence-corrected chi connectivity index (χ2v) is 3.48. The lowest BCUT2D eigenvalue weighted by molar-refractivity contribution is -0.120. The quantitative estimate of drug-likeness (QED) is 0.663. The van der Waals surface area contributed by atoms with Crippen LogP contribution in [0.25, 0.3) is 0 Å². The average Bonchev–Trinajstić information content (AvgIpc) is 2.21. The second kappa shape index (κ2) is 6.39. The molecule has 0 atom stereocenters. The minimum atomic E-state index is -0.271. The Balaban J connectivity index is 4.07. The number of carbonyl (C=O) groups excluding carboxylic acids is 1. The third-order valence-corrected chi connectivity index (χ3v) is 2.74. The highest BCUT2D eigenvalue weighted by Crippen LogP contribution is 2.24. The molecule has 80 valence electrons. The maximum Gasteiger partial charge on any atom is 0.234 e. The fourth-order valence-electron chi connectivity index (χ4n) is 1.20. The van der Waals surface area contributed by atoms with Crippen LogP contribution in [0.4, 0.5) is 0 Å². The van der Waals surface area contributed by atoms with E-state index < -0.39 is 0 Å². The molecular weight excluding hydrogens is 180 g/mol. The topological polar surface area (TPSA) is 73.1 Å². The molecule has 0 aromatic rings. The van der Waals surface area contributed by atoms with Gasteiger partial charge in [-0.2, -0.15) is 5.26 Å². The molecule has 0 bridgehead atoms. The molecule has 0 saturated carbocycles. The molecule has 0 rings (SSSR count). The van der Waals surface area contributed by atoms with Gasteiger partial charge in [0.15, 0.2) is 0 Å². The predicted octanol–water partition coefficient (Wildman–Crippen LogP) is 0.815. The highest BCUT2D eigenvalue weighted by molar-refractivity contribution is 5.77. The molecule has 2 N–H and O–H groups in total. The molecule has 4 nitrogen and oxygen atoms in total. The van der Waals surface area contributed by atoms with Gasteiger partial charge in [-0.05, 0) is 12.8 Å². The van der Waals surface area contributed by atoms with Gasteiger partial charge in [0.1, 0.15) is 6.42 Å². The summed E-state index contributed by atoms with van der Waals surface area (Å²) in [6, 6.07) is 1.78. The Morgan fingerprint density at radius 1 is 1.50 bits per heavy atom. The number of aliphatic hydroxyl groups is 1. The van der Waals surface area contributed by atoms with Crippen molar-refractivity contribution < 1.29 is 9.90 Å². The fourth-order valence-corrected chi connectivity index (χ4v) is 1.20. The van der Waals surface area contributed by atoms with Gasteiger partial charge in [-0.3, -0.25) is 4.79 Å². The summed E-state index contributed by atoms with van der Waals surface area (Å²) in [4.78, 5) is 11.0. The number of hydrogen-bond donors (Lipinski definition) is 2. The van der Waals surface area contributed by atoms with Crippen molar-refractivity contribution in [2.75, 3.05) is 13.2 Å². The van der Waals surface area contributed by atoms with Crippen molar-refractivity contribution in [3.05, 3.63) is 0 Å². The summed E-state index contributed by atoms with van der Waals surface area (Å²) in [6.07, 6.45) is 1.51. The van der Waals surface area contributed by atoms with Gasteiger partial charge in [-0.15, -0.1) is 0 Å². The Hall–Kier alpha value is -1.08. The van der Waals surface area contributed by atoms with E-state index in [9.17, 15) is 9.90 Å². The van der Waals surface area contributed by atoms with Crippen LogP contribution < -0.4 is 5.32 Å². The van der Waals surface area contributed by atoms with Crippen LogP contribution in [0.1, 0.15) is 33.1 Å². The van der Waals surface area contributed by atoms with Gasteiger partial charge in [0.05, 0.1) is 12.7 Å². The summed E-state index contributed by atoms with van der Waals surface area (Å²) in [5, 5.41) is 20.1. The molecule has 0 fully saturated rings. The van der Waals surface area contributed by atoms with Crippen molar-refractivity contribution in [3.8, 4) is 6.07 Å². The molecule has 0 saturated heterocycles. The highest BCUT2D eigenvalue weighted by atomic mass is 16.3. The number of nitriles is 1. The molecule has 0 aliphatic rings. The lowest BCUT2D eigenvalue weighted by atomic mass is 9.83. The van der Waals surface area contributed by atoms with Gasteiger partial charge in [-0.25, -0.2) is 0 Å². The van der Waals surface area contributed by atoms with E-state index in [0.717, 1.165) is 12.8 Å². The van der Waals surface area contributed by atoms with Crippen LogP contribution in [0.5, 0.6) is 0 Å². The number of nitrogens with one attached hydrogen (secondary N) is 1. The summed E-state index contributed by atoms with van der Waals surface area (Å²) in [5.41, 5.74) is -0.231. The first kappa shape index (κ1) is 12.9. The Morgan fingerprint density at radius 3 is 2.43 bits per heavy atom. The van der Waals surface area contributed by atoms with Crippen LogP contribution in [0.15, 0.2) is 0 Å². The molecule has 1 amide bonds. The highest BCUT2D eigenvalue weighted by Gasteiger charge is 2.25. The van der Waals surface area contributed by atoms with E-state index in [2.05, 4.69) is 5.32 Å². The third kappa shape index (κ3) is 3.75. The van der Waals surface area contributed by atoms with Gasteiger partial charge < -0.3 is 10.4 Å². The van der Waals surface area contributed by atoms with E-state index in [4.69, 9.17) is 5.26 Å². The monoisotopic (exact) mass is 198 g/mol. The zero-order valence-electron chi connectivity index (χ0n) is 8.84. The molecule has 0 aliphatic carbocycles. The maximum atomic E-state index is 11.0. The molecule has 0 aliphatic heterocycles. The number of nitrogens with zero attached hydrogens (tertiary/aromatic N) is 1. The van der Waals surface area contributed by atoms with Crippen molar-refractivity contribution in [1.82, 2.24) is 5.32 Å². The smallest absolute Gasteiger partial charge is 0.234 e. The Kier molecular flexibility index (Phi) is 5.89. The summed E-state index contributed by atoms with van der Waals surface area (Å²) in [5.74, 6) is -0.271. The van der Waals surface area contributed by atoms with Crippen LogP contribution >= 0.6 is 0 Å². The summed E-state index contributed by atoms with van der Waals surface area (Å²) in [6.45, 7) is 4.47. The number of carbonyl (C=O) groups is 1. The number of rotatable bonds is 6. The molecule has 0 radical (unpaired) electrons.